The van der Waals surface area contributed by atoms with Gasteiger partial charge in [-0.25, -0.2) is 0 Å². The molecular weight excluding hydrogens is 254 g/mol. The van der Waals surface area contributed by atoms with Crippen LogP contribution in [0.4, 0.5) is 0 Å². The Morgan fingerprint density at radius 2 is 1.95 bits per heavy atom. The van der Waals surface area contributed by atoms with E-state index in [-0.39, 0.29) is 0 Å². The van der Waals surface area contributed by atoms with E-state index in [2.05, 4.69) is 68.6 Å². The lowest BCUT2D eigenvalue weighted by molar-refractivity contribution is 0.451. The molecule has 1 N–H and O–H groups in total. The molecule has 2 aromatic carbocycles. The average molecular weight is 279 g/mol. The molecule has 0 heterocycles. The van der Waals surface area contributed by atoms with Crippen LogP contribution in [-0.4, -0.2) is 6.54 Å². The molecule has 0 saturated heterocycles. The van der Waals surface area contributed by atoms with Crippen LogP contribution < -0.4 is 5.32 Å². The van der Waals surface area contributed by atoms with E-state index in [0.29, 0.717) is 12.0 Å². The number of fused-ring (bicyclic) bond motifs is 1. The first-order valence-corrected chi connectivity index (χ1v) is 8.09. The number of hydrogen-bond acceptors (Lipinski definition) is 1. The van der Waals surface area contributed by atoms with Crippen molar-refractivity contribution in [3.63, 3.8) is 0 Å². The summed E-state index contributed by atoms with van der Waals surface area (Å²) < 4.78 is 0. The van der Waals surface area contributed by atoms with Crippen molar-refractivity contribution in [2.45, 2.75) is 45.6 Å². The van der Waals surface area contributed by atoms with Gasteiger partial charge in [0.15, 0.2) is 0 Å². The highest BCUT2D eigenvalue weighted by atomic mass is 14.9. The molecule has 1 heteroatoms. The minimum absolute atomic E-state index is 0.430. The van der Waals surface area contributed by atoms with E-state index in [1.54, 1.807) is 5.56 Å². The number of likely N-dealkylation sites (N-methyl/N-ethyl adjacent to an activating group) is 1. The third kappa shape index (κ3) is 2.75. The molecule has 0 radical (unpaired) electrons. The van der Waals surface area contributed by atoms with Gasteiger partial charge >= 0.3 is 0 Å². The first-order valence-electron chi connectivity index (χ1n) is 8.09. The zero-order chi connectivity index (χ0) is 14.8. The number of rotatable bonds is 4. The summed E-state index contributed by atoms with van der Waals surface area (Å²) in [7, 11) is 0. The Balaban J connectivity index is 1.99. The third-order valence-electron chi connectivity index (χ3n) is 4.77. The fourth-order valence-electron chi connectivity index (χ4n) is 3.80. The molecular formula is C20H25N. The van der Waals surface area contributed by atoms with E-state index in [9.17, 15) is 0 Å². The Hall–Kier alpha value is -1.60. The van der Waals surface area contributed by atoms with E-state index in [4.69, 9.17) is 0 Å². The molecule has 3 rings (SSSR count). The number of benzene rings is 2. The van der Waals surface area contributed by atoms with E-state index < -0.39 is 0 Å². The van der Waals surface area contributed by atoms with Crippen molar-refractivity contribution >= 4 is 0 Å². The molecule has 0 aromatic heterocycles. The standard InChI is InChI=1S/C20H25N/c1-4-21-20(17-11-9-14(2)13-15(17)3)19-12-10-16-7-5-6-8-18(16)19/h5-9,11,13,19-21H,4,10,12H2,1-3H3. The van der Waals surface area contributed by atoms with Gasteiger partial charge in [0, 0.05) is 12.0 Å². The first-order chi connectivity index (χ1) is 10.2. The maximum atomic E-state index is 3.74. The quantitative estimate of drug-likeness (QED) is 0.856. The monoisotopic (exact) mass is 279 g/mol. The van der Waals surface area contributed by atoms with Crippen LogP contribution in [0, 0.1) is 13.8 Å². The lowest BCUT2D eigenvalue weighted by Crippen LogP contribution is -2.26. The van der Waals surface area contributed by atoms with Crippen LogP contribution in [0.15, 0.2) is 42.5 Å². The van der Waals surface area contributed by atoms with Gasteiger partial charge in [-0.15, -0.1) is 0 Å². The van der Waals surface area contributed by atoms with Gasteiger partial charge in [0.1, 0.15) is 0 Å². The van der Waals surface area contributed by atoms with Gasteiger partial charge < -0.3 is 5.32 Å². The van der Waals surface area contributed by atoms with Crippen LogP contribution in [0.3, 0.4) is 0 Å². The second-order valence-electron chi connectivity index (χ2n) is 6.24. The normalized spacial score (nSPS) is 18.5. The summed E-state index contributed by atoms with van der Waals surface area (Å²) >= 11 is 0. The van der Waals surface area contributed by atoms with Gasteiger partial charge in [0.25, 0.3) is 0 Å². The molecule has 21 heavy (non-hydrogen) atoms. The predicted octanol–water partition coefficient (Wildman–Crippen LogP) is 4.68. The molecule has 0 saturated carbocycles. The lowest BCUT2D eigenvalue weighted by Gasteiger charge is -2.27. The smallest absolute Gasteiger partial charge is 0.0392 e. The zero-order valence-electron chi connectivity index (χ0n) is 13.3. The van der Waals surface area contributed by atoms with Crippen molar-refractivity contribution in [3.8, 4) is 0 Å². The highest BCUT2D eigenvalue weighted by Crippen LogP contribution is 2.42. The second-order valence-corrected chi connectivity index (χ2v) is 6.24. The SMILES string of the molecule is CCNC(c1ccc(C)cc1C)C1CCc2ccccc21. The molecule has 110 valence electrons. The Labute approximate surface area is 128 Å². The summed E-state index contributed by atoms with van der Waals surface area (Å²) in [5.74, 6) is 0.600. The highest BCUT2D eigenvalue weighted by Gasteiger charge is 2.30. The van der Waals surface area contributed by atoms with Crippen LogP contribution in [0.5, 0.6) is 0 Å². The van der Waals surface area contributed by atoms with Crippen LogP contribution in [0.1, 0.15) is 53.1 Å². The van der Waals surface area contributed by atoms with Crippen LogP contribution in [0.2, 0.25) is 0 Å². The molecule has 0 aliphatic heterocycles. The summed E-state index contributed by atoms with van der Waals surface area (Å²) in [6.07, 6.45) is 2.47. The molecule has 1 aliphatic carbocycles. The molecule has 1 nitrogen and oxygen atoms in total. The van der Waals surface area contributed by atoms with E-state index >= 15 is 0 Å². The Bertz CT molecular complexity index is 629. The Morgan fingerprint density at radius 1 is 1.14 bits per heavy atom. The van der Waals surface area contributed by atoms with Crippen molar-refractivity contribution in [2.24, 2.45) is 0 Å². The topological polar surface area (TPSA) is 12.0 Å². The van der Waals surface area contributed by atoms with Gasteiger partial charge in [-0.1, -0.05) is 55.0 Å². The molecule has 2 atom stereocenters. The largest absolute Gasteiger partial charge is 0.310 e. The maximum Gasteiger partial charge on any atom is 0.0392 e. The summed E-state index contributed by atoms with van der Waals surface area (Å²) in [6, 6.07) is 16.3. The maximum absolute atomic E-state index is 3.74. The number of hydrogen-bond donors (Lipinski definition) is 1. The zero-order valence-corrected chi connectivity index (χ0v) is 13.3. The van der Waals surface area contributed by atoms with Crippen molar-refractivity contribution in [1.82, 2.24) is 5.32 Å². The number of aryl methyl sites for hydroxylation is 3. The van der Waals surface area contributed by atoms with Crippen molar-refractivity contribution in [1.29, 1.82) is 0 Å². The molecule has 0 fully saturated rings. The average Bonchev–Trinajstić information content (AvgIpc) is 2.89. The van der Waals surface area contributed by atoms with E-state index in [0.717, 1.165) is 6.54 Å². The Kier molecular flexibility index (Phi) is 4.12. The lowest BCUT2D eigenvalue weighted by atomic mass is 9.86. The van der Waals surface area contributed by atoms with E-state index in [1.165, 1.54) is 35.1 Å². The predicted molar refractivity (Wildman–Crippen MR) is 89.8 cm³/mol. The second kappa shape index (κ2) is 6.03. The molecule has 1 aliphatic rings. The third-order valence-corrected chi connectivity index (χ3v) is 4.77. The van der Waals surface area contributed by atoms with Gasteiger partial charge in [0.2, 0.25) is 0 Å². The summed E-state index contributed by atoms with van der Waals surface area (Å²) in [4.78, 5) is 0. The Morgan fingerprint density at radius 3 is 2.71 bits per heavy atom. The van der Waals surface area contributed by atoms with Crippen LogP contribution in [-0.2, 0) is 6.42 Å². The number of nitrogens with one attached hydrogen (secondary N) is 1. The van der Waals surface area contributed by atoms with Crippen molar-refractivity contribution in [2.75, 3.05) is 6.54 Å². The van der Waals surface area contributed by atoms with Crippen molar-refractivity contribution in [3.05, 3.63) is 70.3 Å². The van der Waals surface area contributed by atoms with Crippen LogP contribution >= 0.6 is 0 Å². The molecule has 0 amide bonds. The fourth-order valence-corrected chi connectivity index (χ4v) is 3.80. The van der Waals surface area contributed by atoms with Crippen molar-refractivity contribution < 1.29 is 0 Å². The van der Waals surface area contributed by atoms with Gasteiger partial charge in [-0.2, -0.15) is 0 Å². The molecule has 0 spiro atoms. The molecule has 0 bridgehead atoms. The molecule has 2 aromatic rings. The van der Waals surface area contributed by atoms with E-state index in [1.807, 2.05) is 0 Å². The summed E-state index contributed by atoms with van der Waals surface area (Å²) in [5.41, 5.74) is 7.30. The summed E-state index contributed by atoms with van der Waals surface area (Å²) in [5, 5.41) is 3.74. The first kappa shape index (κ1) is 14.3. The minimum atomic E-state index is 0.430. The summed E-state index contributed by atoms with van der Waals surface area (Å²) in [6.45, 7) is 7.63. The van der Waals surface area contributed by atoms with Gasteiger partial charge in [-0.3, -0.25) is 0 Å². The van der Waals surface area contributed by atoms with Gasteiger partial charge in [0.05, 0.1) is 0 Å². The molecule has 2 unspecified atom stereocenters. The fraction of sp³-hybridized carbons (Fsp3) is 0.400. The van der Waals surface area contributed by atoms with Crippen LogP contribution in [0.25, 0.3) is 0 Å². The highest BCUT2D eigenvalue weighted by molar-refractivity contribution is 5.41. The minimum Gasteiger partial charge on any atom is -0.310 e. The van der Waals surface area contributed by atoms with Gasteiger partial charge in [-0.05, 0) is 55.5 Å².